The van der Waals surface area contributed by atoms with Crippen molar-refractivity contribution in [2.24, 2.45) is 0 Å². The van der Waals surface area contributed by atoms with Crippen LogP contribution in [0, 0.1) is 0 Å². The Morgan fingerprint density at radius 1 is 0.544 bits per heavy atom. The molecule has 6 atom stereocenters. The van der Waals surface area contributed by atoms with E-state index in [-0.39, 0.29) is 26.1 Å². The van der Waals surface area contributed by atoms with Gasteiger partial charge in [0.25, 0.3) is 0 Å². The SMILES string of the molecule is CCCCC/C=C/C/C=C/C/C=C/C/C=C/CCCC(=O)O[C@H](COC(=O)CC/C=C/CCCCCCCCCCCCC)CO[C@@H]1O[C@H](CO)[C@H](O)C(O)C1O. The smallest absolute Gasteiger partial charge is 0.306 e. The maximum atomic E-state index is 12.7. The van der Waals surface area contributed by atoms with Crippen LogP contribution in [0.2, 0.25) is 0 Å². The molecular weight excluding hydrogens is 725 g/mol. The van der Waals surface area contributed by atoms with Gasteiger partial charge in [0.2, 0.25) is 0 Å². The standard InChI is InChI=1S/C47H80O10/c1-3-5-7-9-11-13-15-17-19-20-22-24-26-28-30-32-34-36-43(50)56-40(39-55-47-46(53)45(52)44(51)41(37-48)57-47)38-54-42(49)35-33-31-29-27-25-23-21-18-16-14-12-10-8-6-4-2/h11,13,17,19,22,24,28-31,40-41,44-48,51-53H,3-10,12,14-16,18,20-21,23,25-27,32-39H2,1-2H3/b13-11+,19-17+,24-22+,30-28+,31-29+/t40-,41-,44+,45?,46?,47-/m1/s1. The number of hydrogen-bond acceptors (Lipinski definition) is 10. The minimum absolute atomic E-state index is 0.145. The second-order valence-electron chi connectivity index (χ2n) is 15.1. The Bertz CT molecular complexity index is 1110. The fourth-order valence-corrected chi connectivity index (χ4v) is 6.31. The molecule has 1 rings (SSSR count). The molecule has 0 spiro atoms. The monoisotopic (exact) mass is 805 g/mol. The number of esters is 2. The number of allylic oxidation sites excluding steroid dienone is 10. The van der Waals surface area contributed by atoms with Crippen molar-refractivity contribution in [3.05, 3.63) is 60.8 Å². The maximum absolute atomic E-state index is 12.7. The minimum Gasteiger partial charge on any atom is -0.462 e. The van der Waals surface area contributed by atoms with Crippen LogP contribution in [0.5, 0.6) is 0 Å². The molecule has 0 aromatic heterocycles. The number of aliphatic hydroxyl groups is 4. The van der Waals surface area contributed by atoms with E-state index in [0.717, 1.165) is 38.5 Å². The molecular formula is C47H80O10. The van der Waals surface area contributed by atoms with E-state index in [0.29, 0.717) is 19.3 Å². The normalized spacial score (nSPS) is 20.8. The third-order valence-electron chi connectivity index (χ3n) is 9.89. The van der Waals surface area contributed by atoms with E-state index in [9.17, 15) is 30.0 Å². The summed E-state index contributed by atoms with van der Waals surface area (Å²) in [7, 11) is 0. The summed E-state index contributed by atoms with van der Waals surface area (Å²) in [4.78, 5) is 25.3. The maximum Gasteiger partial charge on any atom is 0.306 e. The Labute approximate surface area is 345 Å². The quantitative estimate of drug-likeness (QED) is 0.0274. The van der Waals surface area contributed by atoms with Crippen molar-refractivity contribution in [3.63, 3.8) is 0 Å². The first kappa shape index (κ1) is 52.4. The van der Waals surface area contributed by atoms with Crippen LogP contribution in [0.25, 0.3) is 0 Å². The largest absolute Gasteiger partial charge is 0.462 e. The molecule has 1 aliphatic rings. The highest BCUT2D eigenvalue weighted by Crippen LogP contribution is 2.22. The summed E-state index contributed by atoms with van der Waals surface area (Å²) < 4.78 is 22.0. The molecule has 4 N–H and O–H groups in total. The summed E-state index contributed by atoms with van der Waals surface area (Å²) >= 11 is 0. The van der Waals surface area contributed by atoms with Gasteiger partial charge in [0.05, 0.1) is 13.2 Å². The van der Waals surface area contributed by atoms with Crippen molar-refractivity contribution >= 4 is 11.9 Å². The Morgan fingerprint density at radius 3 is 1.60 bits per heavy atom. The van der Waals surface area contributed by atoms with E-state index >= 15 is 0 Å². The van der Waals surface area contributed by atoms with Crippen molar-refractivity contribution < 1.29 is 49.0 Å². The minimum atomic E-state index is -1.61. The summed E-state index contributed by atoms with van der Waals surface area (Å²) in [5, 5.41) is 40.0. The molecule has 0 aromatic carbocycles. The number of ether oxygens (including phenoxy) is 4. The van der Waals surface area contributed by atoms with Gasteiger partial charge in [0, 0.05) is 12.8 Å². The van der Waals surface area contributed by atoms with Crippen LogP contribution in [-0.2, 0) is 28.5 Å². The Balaban J connectivity index is 2.41. The molecule has 1 aliphatic heterocycles. The second-order valence-corrected chi connectivity index (χ2v) is 15.1. The third-order valence-corrected chi connectivity index (χ3v) is 9.89. The van der Waals surface area contributed by atoms with Gasteiger partial charge in [-0.25, -0.2) is 0 Å². The highest BCUT2D eigenvalue weighted by Gasteiger charge is 2.44. The lowest BCUT2D eigenvalue weighted by atomic mass is 9.99. The van der Waals surface area contributed by atoms with Gasteiger partial charge in [-0.05, 0) is 64.2 Å². The Kier molecular flexibility index (Phi) is 34.6. The van der Waals surface area contributed by atoms with Crippen molar-refractivity contribution in [3.8, 4) is 0 Å². The third kappa shape index (κ3) is 29.3. The Morgan fingerprint density at radius 2 is 1.02 bits per heavy atom. The van der Waals surface area contributed by atoms with Gasteiger partial charge >= 0.3 is 11.9 Å². The first-order valence-corrected chi connectivity index (χ1v) is 22.4. The van der Waals surface area contributed by atoms with Crippen LogP contribution < -0.4 is 0 Å². The zero-order chi connectivity index (χ0) is 41.6. The number of hydrogen-bond donors (Lipinski definition) is 4. The first-order chi connectivity index (χ1) is 27.8. The average molecular weight is 805 g/mol. The van der Waals surface area contributed by atoms with Gasteiger partial charge in [-0.2, -0.15) is 0 Å². The van der Waals surface area contributed by atoms with Crippen LogP contribution in [0.3, 0.4) is 0 Å². The fourth-order valence-electron chi connectivity index (χ4n) is 6.31. The molecule has 1 heterocycles. The van der Waals surface area contributed by atoms with Crippen molar-refractivity contribution in [1.82, 2.24) is 0 Å². The predicted octanol–water partition coefficient (Wildman–Crippen LogP) is 9.44. The Hall–Kier alpha value is -2.60. The molecule has 10 nitrogen and oxygen atoms in total. The van der Waals surface area contributed by atoms with E-state index in [1.165, 1.54) is 83.5 Å². The van der Waals surface area contributed by atoms with E-state index in [2.05, 4.69) is 62.5 Å². The summed E-state index contributed by atoms with van der Waals surface area (Å²) in [5.41, 5.74) is 0. The van der Waals surface area contributed by atoms with Crippen LogP contribution in [0.15, 0.2) is 60.8 Å². The van der Waals surface area contributed by atoms with Crippen molar-refractivity contribution in [1.29, 1.82) is 0 Å². The number of unbranched alkanes of at least 4 members (excludes halogenated alkanes) is 15. The zero-order valence-corrected chi connectivity index (χ0v) is 35.6. The van der Waals surface area contributed by atoms with Crippen LogP contribution in [0.1, 0.15) is 168 Å². The lowest BCUT2D eigenvalue weighted by molar-refractivity contribution is -0.305. The lowest BCUT2D eigenvalue weighted by Crippen LogP contribution is -2.59. The van der Waals surface area contributed by atoms with E-state index in [4.69, 9.17) is 18.9 Å². The molecule has 0 aromatic rings. The average Bonchev–Trinajstić information content (AvgIpc) is 3.21. The van der Waals surface area contributed by atoms with Crippen molar-refractivity contribution in [2.75, 3.05) is 19.8 Å². The molecule has 1 saturated heterocycles. The van der Waals surface area contributed by atoms with Crippen molar-refractivity contribution in [2.45, 2.75) is 205 Å². The van der Waals surface area contributed by atoms with Crippen LogP contribution in [0.4, 0.5) is 0 Å². The first-order valence-electron chi connectivity index (χ1n) is 22.4. The van der Waals surface area contributed by atoms with E-state index in [1.807, 2.05) is 12.2 Å². The van der Waals surface area contributed by atoms with Crippen LogP contribution in [-0.4, -0.2) is 89.0 Å². The molecule has 2 unspecified atom stereocenters. The fraction of sp³-hybridized carbons (Fsp3) is 0.745. The molecule has 57 heavy (non-hydrogen) atoms. The zero-order valence-electron chi connectivity index (χ0n) is 35.6. The van der Waals surface area contributed by atoms with Gasteiger partial charge in [-0.1, -0.05) is 152 Å². The van der Waals surface area contributed by atoms with Gasteiger partial charge < -0.3 is 39.4 Å². The highest BCUT2D eigenvalue weighted by atomic mass is 16.7. The molecule has 10 heteroatoms. The van der Waals surface area contributed by atoms with Gasteiger partial charge in [0.15, 0.2) is 12.4 Å². The van der Waals surface area contributed by atoms with Gasteiger partial charge in [0.1, 0.15) is 31.0 Å². The molecule has 0 amide bonds. The number of carbonyl (C=O) groups excluding carboxylic acids is 2. The lowest BCUT2D eigenvalue weighted by Gasteiger charge is -2.39. The van der Waals surface area contributed by atoms with E-state index in [1.54, 1.807) is 0 Å². The number of rotatable bonds is 36. The van der Waals surface area contributed by atoms with Gasteiger partial charge in [-0.15, -0.1) is 0 Å². The summed E-state index contributed by atoms with van der Waals surface area (Å²) in [6.07, 6.45) is 38.1. The molecule has 1 fully saturated rings. The molecule has 0 aliphatic carbocycles. The summed E-state index contributed by atoms with van der Waals surface area (Å²) in [6.45, 7) is 3.29. The topological polar surface area (TPSA) is 152 Å². The molecule has 0 bridgehead atoms. The summed E-state index contributed by atoms with van der Waals surface area (Å²) in [5.74, 6) is -0.932. The molecule has 328 valence electrons. The van der Waals surface area contributed by atoms with Gasteiger partial charge in [-0.3, -0.25) is 9.59 Å². The predicted molar refractivity (Wildman–Crippen MR) is 228 cm³/mol. The van der Waals surface area contributed by atoms with Crippen LogP contribution >= 0.6 is 0 Å². The summed E-state index contributed by atoms with van der Waals surface area (Å²) in [6, 6.07) is 0. The second kappa shape index (κ2) is 37.7. The molecule has 0 radical (unpaired) electrons. The molecule has 0 saturated carbocycles. The number of carbonyl (C=O) groups is 2. The van der Waals surface area contributed by atoms with E-state index < -0.39 is 55.4 Å². The number of aliphatic hydroxyl groups excluding tert-OH is 4. The highest BCUT2D eigenvalue weighted by molar-refractivity contribution is 5.70.